The van der Waals surface area contributed by atoms with Crippen molar-refractivity contribution >= 4 is 22.8 Å². The molecular formula is H3ClCoMnO4S. The molecular weight excluding hydrogens is 245 g/mol. The second kappa shape index (κ2) is 8.19. The Bertz CT molecular complexity index is 99.2. The largest absolute Gasteiger partial charge is 0.394 e. The van der Waals surface area contributed by atoms with Crippen molar-refractivity contribution in [2.75, 3.05) is 0 Å². The number of hydrogen-bond acceptors (Lipinski definition) is 2. The zero-order chi connectivity index (χ0) is 4.50. The zero-order valence-electron chi connectivity index (χ0n) is 3.24. The molecule has 0 aromatic carbocycles. The Kier molecular flexibility index (Phi) is 23.4. The quantitative estimate of drug-likeness (QED) is 0.458. The van der Waals surface area contributed by atoms with E-state index in [0.717, 1.165) is 0 Å². The summed E-state index contributed by atoms with van der Waals surface area (Å²) in [6, 6.07) is 0. The fourth-order valence-electron chi connectivity index (χ4n) is 0. The zero-order valence-corrected chi connectivity index (χ0v) is 7.09. The molecule has 0 saturated heterocycles. The summed E-state index contributed by atoms with van der Waals surface area (Å²) in [5.41, 5.74) is 0. The van der Waals surface area contributed by atoms with Crippen molar-refractivity contribution in [3.8, 4) is 0 Å². The Labute approximate surface area is 74.1 Å². The minimum Gasteiger partial charge on any atom is -0.264 e. The van der Waals surface area contributed by atoms with Crippen LogP contribution in [0.1, 0.15) is 0 Å². The maximum atomic E-state index is 8.74. The van der Waals surface area contributed by atoms with Crippen molar-refractivity contribution in [3.63, 3.8) is 0 Å². The van der Waals surface area contributed by atoms with Crippen molar-refractivity contribution in [2.45, 2.75) is 0 Å². The van der Waals surface area contributed by atoms with E-state index >= 15 is 0 Å². The van der Waals surface area contributed by atoms with Gasteiger partial charge in [0.15, 0.2) is 0 Å². The van der Waals surface area contributed by atoms with Crippen LogP contribution in [0.3, 0.4) is 0 Å². The van der Waals surface area contributed by atoms with Gasteiger partial charge in [-0.15, -0.1) is 12.4 Å². The molecule has 0 spiro atoms. The smallest absolute Gasteiger partial charge is 0.264 e. The Hall–Kier alpha value is 1.19. The number of hydrogen-bond donors (Lipinski definition) is 2. The molecule has 0 atom stereocenters. The van der Waals surface area contributed by atoms with Crippen molar-refractivity contribution in [3.05, 3.63) is 0 Å². The van der Waals surface area contributed by atoms with Gasteiger partial charge in [-0.25, -0.2) is 0 Å². The first-order valence-electron chi connectivity index (χ1n) is 0.698. The normalized spacial score (nSPS) is 7.25. The van der Waals surface area contributed by atoms with Crippen molar-refractivity contribution < 1.29 is 51.4 Å². The molecule has 0 aliphatic carbocycles. The fraction of sp³-hybridized carbons (Fsp3) is 0. The summed E-state index contributed by atoms with van der Waals surface area (Å²) < 4.78 is 31.6. The summed E-state index contributed by atoms with van der Waals surface area (Å²) in [6.45, 7) is 0. The van der Waals surface area contributed by atoms with Crippen LogP contribution in [-0.4, -0.2) is 17.5 Å². The molecule has 8 heteroatoms. The summed E-state index contributed by atoms with van der Waals surface area (Å²) >= 11 is 0. The maximum Gasteiger partial charge on any atom is 0.394 e. The third-order valence-electron chi connectivity index (χ3n) is 0. The van der Waals surface area contributed by atoms with E-state index in [1.807, 2.05) is 0 Å². The van der Waals surface area contributed by atoms with Gasteiger partial charge in [-0.3, -0.25) is 9.11 Å². The first-order valence-corrected chi connectivity index (χ1v) is 2.10. The summed E-state index contributed by atoms with van der Waals surface area (Å²) in [6.07, 6.45) is 0. The van der Waals surface area contributed by atoms with E-state index in [1.165, 1.54) is 0 Å². The molecule has 0 aromatic rings. The molecule has 56 valence electrons. The van der Waals surface area contributed by atoms with E-state index in [-0.39, 0.29) is 46.3 Å². The Balaban J connectivity index is -0.0000000267. The van der Waals surface area contributed by atoms with Crippen molar-refractivity contribution in [1.29, 1.82) is 0 Å². The number of halogens is 1. The first kappa shape index (κ1) is 22.9. The van der Waals surface area contributed by atoms with Crippen LogP contribution in [0.25, 0.3) is 0 Å². The van der Waals surface area contributed by atoms with Gasteiger partial charge in [0, 0.05) is 33.8 Å². The van der Waals surface area contributed by atoms with E-state index in [0.29, 0.717) is 0 Å². The molecule has 2 radical (unpaired) electrons. The summed E-state index contributed by atoms with van der Waals surface area (Å²) in [5, 5.41) is 0. The van der Waals surface area contributed by atoms with E-state index in [2.05, 4.69) is 0 Å². The molecule has 0 aromatic heterocycles. The van der Waals surface area contributed by atoms with E-state index in [9.17, 15) is 0 Å². The molecule has 0 unspecified atom stereocenters. The van der Waals surface area contributed by atoms with Crippen LogP contribution in [0.5, 0.6) is 0 Å². The van der Waals surface area contributed by atoms with E-state index in [1.54, 1.807) is 0 Å². The molecule has 0 rings (SSSR count). The van der Waals surface area contributed by atoms with Gasteiger partial charge in [0.25, 0.3) is 0 Å². The average Bonchev–Trinajstić information content (AvgIpc) is 0.722. The topological polar surface area (TPSA) is 74.6 Å². The predicted molar refractivity (Wildman–Crippen MR) is 21.4 cm³/mol. The SMILES string of the molecule is Cl.O=S(=O)(O)O.[Co].[Mn]. The van der Waals surface area contributed by atoms with Gasteiger partial charge in [-0.2, -0.15) is 8.42 Å². The van der Waals surface area contributed by atoms with Crippen LogP contribution < -0.4 is 0 Å². The molecule has 0 aliphatic heterocycles. The second-order valence-electron chi connectivity index (χ2n) is 0.448. The summed E-state index contributed by atoms with van der Waals surface area (Å²) in [5.74, 6) is 0. The third kappa shape index (κ3) is 196. The summed E-state index contributed by atoms with van der Waals surface area (Å²) in [4.78, 5) is 0. The average molecular weight is 248 g/mol. The molecule has 4 nitrogen and oxygen atoms in total. The van der Waals surface area contributed by atoms with Gasteiger partial charge in [0.2, 0.25) is 0 Å². The molecule has 0 bridgehead atoms. The number of rotatable bonds is 0. The van der Waals surface area contributed by atoms with Crippen LogP contribution in [0, 0.1) is 0 Å². The van der Waals surface area contributed by atoms with Gasteiger partial charge in [0.05, 0.1) is 0 Å². The Morgan fingerprint density at radius 2 is 1.12 bits per heavy atom. The van der Waals surface area contributed by atoms with E-state index in [4.69, 9.17) is 17.5 Å². The molecule has 2 N–H and O–H groups in total. The Morgan fingerprint density at radius 1 is 1.12 bits per heavy atom. The van der Waals surface area contributed by atoms with Gasteiger partial charge in [-0.1, -0.05) is 0 Å². The first-order chi connectivity index (χ1) is 2.00. The van der Waals surface area contributed by atoms with Gasteiger partial charge in [0.1, 0.15) is 0 Å². The molecule has 0 saturated carbocycles. The minimum absolute atomic E-state index is 0. The second-order valence-corrected chi connectivity index (χ2v) is 1.34. The Morgan fingerprint density at radius 3 is 1.12 bits per heavy atom. The molecule has 0 heterocycles. The molecule has 0 amide bonds. The molecule has 0 aliphatic rings. The molecule has 8 heavy (non-hydrogen) atoms. The van der Waals surface area contributed by atoms with Crippen molar-refractivity contribution in [1.82, 2.24) is 0 Å². The van der Waals surface area contributed by atoms with Gasteiger partial charge in [-0.05, 0) is 0 Å². The minimum atomic E-state index is -4.67. The van der Waals surface area contributed by atoms with Crippen molar-refractivity contribution in [2.24, 2.45) is 0 Å². The monoisotopic (exact) mass is 248 g/mol. The van der Waals surface area contributed by atoms with E-state index < -0.39 is 10.4 Å². The third-order valence-corrected chi connectivity index (χ3v) is 0. The van der Waals surface area contributed by atoms with Crippen LogP contribution >= 0.6 is 12.4 Å². The van der Waals surface area contributed by atoms with Crippen LogP contribution in [-0.2, 0) is 44.2 Å². The van der Waals surface area contributed by atoms with Gasteiger partial charge < -0.3 is 0 Å². The predicted octanol–water partition coefficient (Wildman–Crippen LogP) is -0.236. The fourth-order valence-corrected chi connectivity index (χ4v) is 0. The molecule has 0 fully saturated rings. The summed E-state index contributed by atoms with van der Waals surface area (Å²) in [7, 11) is -4.67. The maximum absolute atomic E-state index is 8.74. The van der Waals surface area contributed by atoms with Crippen LogP contribution in [0.15, 0.2) is 0 Å². The standard InChI is InChI=1S/ClH.Co.Mn.H2O4S/c;;;1-5(2,3)4/h1H;;;(H2,1,2,3,4). The van der Waals surface area contributed by atoms with Crippen LogP contribution in [0.2, 0.25) is 0 Å². The van der Waals surface area contributed by atoms with Gasteiger partial charge >= 0.3 is 10.4 Å². The van der Waals surface area contributed by atoms with Crippen LogP contribution in [0.4, 0.5) is 0 Å².